The number of rotatable bonds is 1. The van der Waals surface area contributed by atoms with Gasteiger partial charge in [0.1, 0.15) is 0 Å². The molecule has 1 rings (SSSR count). The van der Waals surface area contributed by atoms with E-state index in [0.717, 1.165) is 0 Å². The highest BCUT2D eigenvalue weighted by Gasteiger charge is 2.40. The molecule has 0 aliphatic rings. The third-order valence-electron chi connectivity index (χ3n) is 1.80. The van der Waals surface area contributed by atoms with Gasteiger partial charge in [-0.15, -0.1) is 0 Å². The van der Waals surface area contributed by atoms with Crippen LogP contribution in [0.1, 0.15) is 16.7 Å². The Hall–Kier alpha value is -0.790. The molecular formula is C8H4BrF6N. The highest BCUT2D eigenvalue weighted by Crippen LogP contribution is 2.39. The van der Waals surface area contributed by atoms with Gasteiger partial charge in [0, 0.05) is 17.7 Å². The summed E-state index contributed by atoms with van der Waals surface area (Å²) in [6.07, 6.45) is -8.94. The summed E-state index contributed by atoms with van der Waals surface area (Å²) in [5.41, 5.74) is -3.60. The Kier molecular flexibility index (Phi) is 3.51. The van der Waals surface area contributed by atoms with E-state index in [1.54, 1.807) is 0 Å². The van der Waals surface area contributed by atoms with Gasteiger partial charge in [0.05, 0.1) is 11.1 Å². The molecule has 0 fully saturated rings. The molecule has 90 valence electrons. The van der Waals surface area contributed by atoms with Crippen molar-refractivity contribution in [1.29, 1.82) is 0 Å². The molecule has 0 aromatic carbocycles. The number of aromatic nitrogens is 1. The molecule has 0 N–H and O–H groups in total. The molecule has 0 amide bonds. The van der Waals surface area contributed by atoms with Crippen LogP contribution in [0.25, 0.3) is 0 Å². The quantitative estimate of drug-likeness (QED) is 0.564. The van der Waals surface area contributed by atoms with Crippen LogP contribution in [-0.2, 0) is 17.7 Å². The van der Waals surface area contributed by atoms with Gasteiger partial charge in [-0.25, -0.2) is 0 Å². The Balaban J connectivity index is 3.45. The van der Waals surface area contributed by atoms with E-state index in [2.05, 4.69) is 20.9 Å². The van der Waals surface area contributed by atoms with Crippen molar-refractivity contribution in [1.82, 2.24) is 4.98 Å². The maximum absolute atomic E-state index is 12.4. The molecule has 16 heavy (non-hydrogen) atoms. The maximum Gasteiger partial charge on any atom is 0.418 e. The molecule has 1 heterocycles. The summed E-state index contributed by atoms with van der Waals surface area (Å²) in [5.74, 6) is 0. The molecule has 1 aromatic rings. The predicted octanol–water partition coefficient (Wildman–Crippen LogP) is 4.01. The van der Waals surface area contributed by atoms with Gasteiger partial charge in [-0.2, -0.15) is 26.3 Å². The molecule has 0 saturated carbocycles. The summed E-state index contributed by atoms with van der Waals surface area (Å²) in [6.45, 7) is 0. The first-order valence-electron chi connectivity index (χ1n) is 3.85. The summed E-state index contributed by atoms with van der Waals surface area (Å²) in [6, 6.07) is 0. The molecule has 0 spiro atoms. The lowest BCUT2D eigenvalue weighted by molar-refractivity contribution is -0.144. The van der Waals surface area contributed by atoms with Crippen molar-refractivity contribution in [3.8, 4) is 0 Å². The van der Waals surface area contributed by atoms with Gasteiger partial charge in [-0.1, -0.05) is 15.9 Å². The number of hydrogen-bond donors (Lipinski definition) is 0. The Morgan fingerprint density at radius 1 is 0.938 bits per heavy atom. The lowest BCUT2D eigenvalue weighted by Gasteiger charge is -2.16. The van der Waals surface area contributed by atoms with Gasteiger partial charge >= 0.3 is 12.4 Å². The van der Waals surface area contributed by atoms with E-state index in [-0.39, 0.29) is 0 Å². The average molecular weight is 308 g/mol. The van der Waals surface area contributed by atoms with Gasteiger partial charge in [0.15, 0.2) is 0 Å². The van der Waals surface area contributed by atoms with Crippen LogP contribution in [0.3, 0.4) is 0 Å². The van der Waals surface area contributed by atoms with Gasteiger partial charge in [-0.05, 0) is 5.56 Å². The van der Waals surface area contributed by atoms with Crippen LogP contribution in [0.2, 0.25) is 0 Å². The molecule has 0 radical (unpaired) electrons. The standard InChI is InChI=1S/C8H4BrF6N/c9-1-4-5(7(10,11)12)2-16-3-6(4)8(13,14)15/h2-3H,1H2. The summed E-state index contributed by atoms with van der Waals surface area (Å²) >= 11 is 2.62. The Bertz CT molecular complexity index is 351. The fraction of sp³-hybridized carbons (Fsp3) is 0.375. The van der Waals surface area contributed by atoms with Gasteiger partial charge in [0.2, 0.25) is 0 Å². The zero-order valence-corrected chi connectivity index (χ0v) is 9.04. The largest absolute Gasteiger partial charge is 0.418 e. The normalized spacial score (nSPS) is 12.9. The first-order valence-corrected chi connectivity index (χ1v) is 4.97. The smallest absolute Gasteiger partial charge is 0.263 e. The predicted molar refractivity (Wildman–Crippen MR) is 46.9 cm³/mol. The highest BCUT2D eigenvalue weighted by atomic mass is 79.9. The third kappa shape index (κ3) is 2.66. The molecule has 1 aromatic heterocycles. The van der Waals surface area contributed by atoms with E-state index in [9.17, 15) is 26.3 Å². The fourth-order valence-corrected chi connectivity index (χ4v) is 1.72. The molecule has 0 saturated heterocycles. The number of nitrogens with zero attached hydrogens (tertiary/aromatic N) is 1. The van der Waals surface area contributed by atoms with Crippen LogP contribution >= 0.6 is 15.9 Å². The third-order valence-corrected chi connectivity index (χ3v) is 2.36. The lowest BCUT2D eigenvalue weighted by Crippen LogP contribution is -2.16. The zero-order valence-electron chi connectivity index (χ0n) is 7.45. The van der Waals surface area contributed by atoms with Crippen molar-refractivity contribution in [3.63, 3.8) is 0 Å². The van der Waals surface area contributed by atoms with E-state index in [4.69, 9.17) is 0 Å². The molecule has 0 bridgehead atoms. The average Bonchev–Trinajstić information content (AvgIpc) is 2.13. The Labute approximate surface area is 94.6 Å². The SMILES string of the molecule is FC(F)(F)c1cncc(C(F)(F)F)c1CBr. The van der Waals surface area contributed by atoms with Crippen LogP contribution in [0.5, 0.6) is 0 Å². The minimum Gasteiger partial charge on any atom is -0.263 e. The first-order chi connectivity index (χ1) is 7.18. The van der Waals surface area contributed by atoms with Crippen LogP contribution in [-0.4, -0.2) is 4.98 Å². The molecule has 0 unspecified atom stereocenters. The number of hydrogen-bond acceptors (Lipinski definition) is 1. The van der Waals surface area contributed by atoms with Crippen molar-refractivity contribution < 1.29 is 26.3 Å². The first kappa shape index (κ1) is 13.3. The monoisotopic (exact) mass is 307 g/mol. The van der Waals surface area contributed by atoms with E-state index in [1.165, 1.54) is 0 Å². The topological polar surface area (TPSA) is 12.9 Å². The van der Waals surface area contributed by atoms with Crippen molar-refractivity contribution in [2.45, 2.75) is 17.7 Å². The van der Waals surface area contributed by atoms with Crippen molar-refractivity contribution in [2.75, 3.05) is 0 Å². The van der Waals surface area contributed by atoms with Crippen molar-refractivity contribution in [2.24, 2.45) is 0 Å². The maximum atomic E-state index is 12.4. The second-order valence-electron chi connectivity index (χ2n) is 2.84. The summed E-state index contributed by atoms with van der Waals surface area (Å²) in [7, 11) is 0. The minimum absolute atomic E-state index is 0.381. The molecule has 0 aliphatic carbocycles. The van der Waals surface area contributed by atoms with Crippen LogP contribution in [0, 0.1) is 0 Å². The van der Waals surface area contributed by atoms with Crippen molar-refractivity contribution >= 4 is 15.9 Å². The van der Waals surface area contributed by atoms with Crippen LogP contribution in [0.15, 0.2) is 12.4 Å². The molecule has 0 atom stereocenters. The van der Waals surface area contributed by atoms with Crippen LogP contribution in [0.4, 0.5) is 26.3 Å². The Morgan fingerprint density at radius 2 is 1.31 bits per heavy atom. The number of halogens is 7. The van der Waals surface area contributed by atoms with Crippen molar-refractivity contribution in [3.05, 3.63) is 29.1 Å². The van der Waals surface area contributed by atoms with Crippen LogP contribution < -0.4 is 0 Å². The zero-order chi connectivity index (χ0) is 12.6. The Morgan fingerprint density at radius 3 is 1.56 bits per heavy atom. The summed E-state index contributed by atoms with van der Waals surface area (Å²) in [5, 5.41) is -0.542. The second-order valence-corrected chi connectivity index (χ2v) is 3.40. The summed E-state index contributed by atoms with van der Waals surface area (Å²) in [4.78, 5) is 2.97. The second kappa shape index (κ2) is 4.23. The van der Waals surface area contributed by atoms with Gasteiger partial charge in [0.25, 0.3) is 0 Å². The van der Waals surface area contributed by atoms with Gasteiger partial charge < -0.3 is 0 Å². The molecule has 1 nitrogen and oxygen atoms in total. The van der Waals surface area contributed by atoms with E-state index in [0.29, 0.717) is 12.4 Å². The lowest BCUT2D eigenvalue weighted by atomic mass is 10.1. The molecule has 0 aliphatic heterocycles. The number of alkyl halides is 7. The van der Waals surface area contributed by atoms with E-state index in [1.807, 2.05) is 0 Å². The fourth-order valence-electron chi connectivity index (χ4n) is 1.12. The van der Waals surface area contributed by atoms with E-state index >= 15 is 0 Å². The van der Waals surface area contributed by atoms with Gasteiger partial charge in [-0.3, -0.25) is 4.98 Å². The summed E-state index contributed by atoms with van der Waals surface area (Å²) < 4.78 is 74.3. The minimum atomic E-state index is -4.85. The van der Waals surface area contributed by atoms with E-state index < -0.39 is 34.4 Å². The number of pyridine rings is 1. The highest BCUT2D eigenvalue weighted by molar-refractivity contribution is 9.08. The molecular weight excluding hydrogens is 304 g/mol. The molecule has 8 heteroatoms.